The van der Waals surface area contributed by atoms with Crippen molar-refractivity contribution in [2.24, 2.45) is 0 Å². The van der Waals surface area contributed by atoms with Crippen LogP contribution in [0.15, 0.2) is 0 Å². The number of carbonyl (C=O) groups excluding carboxylic acids is 1. The summed E-state index contributed by atoms with van der Waals surface area (Å²) >= 11 is 0. The highest BCUT2D eigenvalue weighted by atomic mass is 16.5. The van der Waals surface area contributed by atoms with Gasteiger partial charge in [-0.2, -0.15) is 0 Å². The van der Waals surface area contributed by atoms with E-state index in [2.05, 4.69) is 0 Å². The third kappa shape index (κ3) is 4.69. The highest BCUT2D eigenvalue weighted by molar-refractivity contribution is 5.73. The first kappa shape index (κ1) is 12.2. The summed E-state index contributed by atoms with van der Waals surface area (Å²) in [5.74, 6) is 0. The fourth-order valence-corrected chi connectivity index (χ4v) is 0.908. The molecule has 5 nitrogen and oxygen atoms in total. The number of nitrogens with zero attached hydrogens (tertiary/aromatic N) is 2. The number of aliphatic hydroxyl groups is 1. The van der Waals surface area contributed by atoms with Gasteiger partial charge in [0.05, 0.1) is 13.2 Å². The fraction of sp³-hybridized carbons (Fsp3) is 0.875. The van der Waals surface area contributed by atoms with Gasteiger partial charge < -0.3 is 19.6 Å². The summed E-state index contributed by atoms with van der Waals surface area (Å²) in [6, 6.07) is -0.105. The molecule has 0 atom stereocenters. The lowest BCUT2D eigenvalue weighted by Crippen LogP contribution is -2.42. The van der Waals surface area contributed by atoms with Crippen LogP contribution < -0.4 is 0 Å². The Morgan fingerprint density at radius 1 is 1.38 bits per heavy atom. The topological polar surface area (TPSA) is 53.0 Å². The Labute approximate surface area is 78.9 Å². The van der Waals surface area contributed by atoms with Gasteiger partial charge in [-0.25, -0.2) is 4.79 Å². The lowest BCUT2D eigenvalue weighted by atomic mass is 10.5. The molecule has 0 spiro atoms. The number of hydrogen-bond acceptors (Lipinski definition) is 3. The maximum absolute atomic E-state index is 11.4. The Hall–Kier alpha value is -0.810. The normalized spacial score (nSPS) is 9.85. The molecule has 0 heterocycles. The average Bonchev–Trinajstić information content (AvgIpc) is 2.11. The summed E-state index contributed by atoms with van der Waals surface area (Å²) in [5, 5.41) is 8.71. The van der Waals surface area contributed by atoms with Crippen molar-refractivity contribution < 1.29 is 14.6 Å². The zero-order valence-electron chi connectivity index (χ0n) is 8.49. The molecule has 0 aliphatic carbocycles. The molecule has 0 saturated heterocycles. The molecule has 0 aliphatic heterocycles. The van der Waals surface area contributed by atoms with Crippen molar-refractivity contribution in [1.82, 2.24) is 9.80 Å². The summed E-state index contributed by atoms with van der Waals surface area (Å²) < 4.78 is 4.85. The maximum Gasteiger partial charge on any atom is 0.319 e. The molecule has 1 N–H and O–H groups in total. The van der Waals surface area contributed by atoms with E-state index in [1.165, 1.54) is 4.90 Å². The Balaban J connectivity index is 3.99. The second-order valence-electron chi connectivity index (χ2n) is 2.88. The minimum absolute atomic E-state index is 0.0245. The zero-order valence-corrected chi connectivity index (χ0v) is 8.49. The second kappa shape index (κ2) is 6.68. The van der Waals surface area contributed by atoms with Crippen molar-refractivity contribution in [2.45, 2.75) is 0 Å². The molecule has 0 aliphatic rings. The Bertz CT molecular complexity index is 150. The first-order valence-electron chi connectivity index (χ1n) is 4.19. The number of urea groups is 1. The molecule has 0 fully saturated rings. The molecular weight excluding hydrogens is 172 g/mol. The van der Waals surface area contributed by atoms with Gasteiger partial charge in [0.25, 0.3) is 0 Å². The fourth-order valence-electron chi connectivity index (χ4n) is 0.908. The summed E-state index contributed by atoms with van der Waals surface area (Å²) in [6.07, 6.45) is 0. The summed E-state index contributed by atoms with van der Waals surface area (Å²) in [7, 11) is 4.94. The molecule has 0 rings (SSSR count). The first-order chi connectivity index (χ1) is 6.13. The minimum Gasteiger partial charge on any atom is -0.395 e. The predicted molar refractivity (Wildman–Crippen MR) is 49.6 cm³/mol. The zero-order chi connectivity index (χ0) is 10.3. The van der Waals surface area contributed by atoms with Crippen LogP contribution in [0, 0.1) is 0 Å². The van der Waals surface area contributed by atoms with Gasteiger partial charge >= 0.3 is 6.03 Å². The standard InChI is InChI=1S/C8H18N2O3/c1-9(2)8(12)10(4-6-11)5-7-13-3/h11H,4-7H2,1-3H3. The smallest absolute Gasteiger partial charge is 0.319 e. The quantitative estimate of drug-likeness (QED) is 0.642. The van der Waals surface area contributed by atoms with Crippen molar-refractivity contribution >= 4 is 6.03 Å². The van der Waals surface area contributed by atoms with Crippen LogP contribution in [0.4, 0.5) is 4.79 Å². The maximum atomic E-state index is 11.4. The third-order valence-corrected chi connectivity index (χ3v) is 1.59. The van der Waals surface area contributed by atoms with Crippen LogP contribution in [0.25, 0.3) is 0 Å². The van der Waals surface area contributed by atoms with Crippen molar-refractivity contribution in [1.29, 1.82) is 0 Å². The van der Waals surface area contributed by atoms with Crippen LogP contribution in [-0.2, 0) is 4.74 Å². The number of carbonyl (C=O) groups is 1. The number of methoxy groups -OCH3 is 1. The molecule has 0 radical (unpaired) electrons. The molecule has 0 unspecified atom stereocenters. The van der Waals surface area contributed by atoms with Gasteiger partial charge in [0, 0.05) is 34.3 Å². The van der Waals surface area contributed by atoms with Gasteiger partial charge in [-0.3, -0.25) is 0 Å². The van der Waals surface area contributed by atoms with Crippen molar-refractivity contribution in [3.8, 4) is 0 Å². The third-order valence-electron chi connectivity index (χ3n) is 1.59. The van der Waals surface area contributed by atoms with E-state index >= 15 is 0 Å². The molecule has 2 amide bonds. The molecule has 0 saturated carbocycles. The molecule has 0 aromatic carbocycles. The van der Waals surface area contributed by atoms with Crippen LogP contribution in [0.3, 0.4) is 0 Å². The Morgan fingerprint density at radius 3 is 2.38 bits per heavy atom. The summed E-state index contributed by atoms with van der Waals surface area (Å²) in [5.41, 5.74) is 0. The van der Waals surface area contributed by atoms with E-state index in [4.69, 9.17) is 9.84 Å². The van der Waals surface area contributed by atoms with Crippen LogP contribution in [0.1, 0.15) is 0 Å². The summed E-state index contributed by atoms with van der Waals surface area (Å²) in [4.78, 5) is 14.4. The molecule has 5 heteroatoms. The van der Waals surface area contributed by atoms with Crippen molar-refractivity contribution in [3.63, 3.8) is 0 Å². The molecule has 13 heavy (non-hydrogen) atoms. The highest BCUT2D eigenvalue weighted by Crippen LogP contribution is 1.94. The number of rotatable bonds is 5. The predicted octanol–water partition coefficient (Wildman–Crippen LogP) is -0.391. The van der Waals surface area contributed by atoms with Gasteiger partial charge in [0.15, 0.2) is 0 Å². The molecule has 0 aromatic rings. The van der Waals surface area contributed by atoms with Gasteiger partial charge in [-0.15, -0.1) is 0 Å². The lowest BCUT2D eigenvalue weighted by Gasteiger charge is -2.24. The van der Waals surface area contributed by atoms with Gasteiger partial charge in [-0.1, -0.05) is 0 Å². The van der Waals surface area contributed by atoms with Crippen molar-refractivity contribution in [3.05, 3.63) is 0 Å². The number of hydrogen-bond donors (Lipinski definition) is 1. The lowest BCUT2D eigenvalue weighted by molar-refractivity contribution is 0.123. The first-order valence-corrected chi connectivity index (χ1v) is 4.19. The van der Waals surface area contributed by atoms with Crippen LogP contribution >= 0.6 is 0 Å². The van der Waals surface area contributed by atoms with E-state index in [9.17, 15) is 4.79 Å². The molecule has 0 aromatic heterocycles. The summed E-state index contributed by atoms with van der Waals surface area (Å²) in [6.45, 7) is 1.32. The van der Waals surface area contributed by atoms with E-state index in [-0.39, 0.29) is 12.6 Å². The molecule has 78 valence electrons. The minimum atomic E-state index is -0.105. The number of amides is 2. The van der Waals surface area contributed by atoms with E-state index < -0.39 is 0 Å². The number of ether oxygens (including phenoxy) is 1. The monoisotopic (exact) mass is 190 g/mol. The molecule has 0 bridgehead atoms. The van der Waals surface area contributed by atoms with Gasteiger partial charge in [-0.05, 0) is 0 Å². The largest absolute Gasteiger partial charge is 0.395 e. The Morgan fingerprint density at radius 2 is 2.00 bits per heavy atom. The van der Waals surface area contributed by atoms with E-state index in [1.54, 1.807) is 26.1 Å². The van der Waals surface area contributed by atoms with Crippen molar-refractivity contribution in [2.75, 3.05) is 47.5 Å². The number of aliphatic hydroxyl groups excluding tert-OH is 1. The van der Waals surface area contributed by atoms with Crippen LogP contribution in [-0.4, -0.2) is 68.4 Å². The van der Waals surface area contributed by atoms with E-state index in [0.717, 1.165) is 0 Å². The van der Waals surface area contributed by atoms with Gasteiger partial charge in [0.1, 0.15) is 0 Å². The Kier molecular flexibility index (Phi) is 6.26. The van der Waals surface area contributed by atoms with Gasteiger partial charge in [0.2, 0.25) is 0 Å². The SMILES string of the molecule is COCCN(CCO)C(=O)N(C)C. The molecular formula is C8H18N2O3. The van der Waals surface area contributed by atoms with E-state index in [0.29, 0.717) is 19.7 Å². The highest BCUT2D eigenvalue weighted by Gasteiger charge is 2.13. The van der Waals surface area contributed by atoms with E-state index in [1.807, 2.05) is 0 Å². The van der Waals surface area contributed by atoms with Crippen LogP contribution in [0.2, 0.25) is 0 Å². The average molecular weight is 190 g/mol. The second-order valence-corrected chi connectivity index (χ2v) is 2.88. The van der Waals surface area contributed by atoms with Crippen LogP contribution in [0.5, 0.6) is 0 Å².